The molecule has 21 heavy (non-hydrogen) atoms. The first kappa shape index (κ1) is 15.7. The highest BCUT2D eigenvalue weighted by Crippen LogP contribution is 2.37. The summed E-state index contributed by atoms with van der Waals surface area (Å²) in [5.74, 6) is 0.764. The van der Waals surface area contributed by atoms with E-state index >= 15 is 0 Å². The minimum absolute atomic E-state index is 0.169. The minimum Gasteiger partial charge on any atom is -0.457 e. The number of aromatic nitrogens is 1. The van der Waals surface area contributed by atoms with Gasteiger partial charge in [0.2, 0.25) is 0 Å². The zero-order valence-electron chi connectivity index (χ0n) is 13.2. The summed E-state index contributed by atoms with van der Waals surface area (Å²) < 4.78 is 11.9. The molecule has 1 N–H and O–H groups in total. The molecule has 2 heterocycles. The van der Waals surface area contributed by atoms with Crippen molar-refractivity contribution in [3.63, 3.8) is 0 Å². The zero-order valence-corrected chi connectivity index (χ0v) is 14.2. The van der Waals surface area contributed by atoms with Gasteiger partial charge in [-0.1, -0.05) is 25.9 Å². The molecule has 2 aromatic rings. The van der Waals surface area contributed by atoms with E-state index in [9.17, 15) is 0 Å². The molecule has 0 amide bonds. The lowest BCUT2D eigenvalue weighted by molar-refractivity contribution is 0.249. The number of hydrogen-bond acceptors (Lipinski definition) is 5. The highest BCUT2D eigenvalue weighted by Gasteiger charge is 2.37. The van der Waals surface area contributed by atoms with Crippen LogP contribution in [0.15, 0.2) is 27.9 Å². The number of rotatable bonds is 4. The normalized spacial score (nSPS) is 13.4. The Morgan fingerprint density at radius 3 is 2.71 bits per heavy atom. The van der Waals surface area contributed by atoms with Gasteiger partial charge in [0.05, 0.1) is 12.8 Å². The molecule has 0 bridgehead atoms. The van der Waals surface area contributed by atoms with Gasteiger partial charge in [0, 0.05) is 17.8 Å². The minimum atomic E-state index is -1.79. The van der Waals surface area contributed by atoms with Gasteiger partial charge in [-0.2, -0.15) is 0 Å². The Hall–Kier alpha value is -1.66. The van der Waals surface area contributed by atoms with Gasteiger partial charge in [-0.25, -0.2) is 0 Å². The fourth-order valence-corrected chi connectivity index (χ4v) is 2.60. The van der Waals surface area contributed by atoms with Crippen molar-refractivity contribution in [3.05, 3.63) is 29.7 Å². The van der Waals surface area contributed by atoms with E-state index in [4.69, 9.17) is 14.1 Å². The van der Waals surface area contributed by atoms with Crippen molar-refractivity contribution in [2.45, 2.75) is 45.5 Å². The molecule has 0 radical (unpaired) electrons. The third kappa shape index (κ3) is 3.51. The van der Waals surface area contributed by atoms with Crippen LogP contribution in [0.1, 0.15) is 32.1 Å². The monoisotopic (exact) mass is 306 g/mol. The molecule has 0 atom stereocenters. The van der Waals surface area contributed by atoms with Crippen molar-refractivity contribution in [2.24, 2.45) is 5.16 Å². The van der Waals surface area contributed by atoms with Crippen LogP contribution in [0.4, 0.5) is 0 Å². The third-order valence-electron chi connectivity index (χ3n) is 4.03. The lowest BCUT2D eigenvalue weighted by atomic mass is 10.2. The maximum Gasteiger partial charge on any atom is 0.192 e. The van der Waals surface area contributed by atoms with Gasteiger partial charge >= 0.3 is 0 Å². The molecular weight excluding hydrogens is 284 g/mol. The van der Waals surface area contributed by atoms with Crippen LogP contribution in [0.3, 0.4) is 0 Å². The molecule has 0 unspecified atom stereocenters. The van der Waals surface area contributed by atoms with Crippen molar-refractivity contribution < 1.29 is 14.1 Å². The predicted molar refractivity (Wildman–Crippen MR) is 85.4 cm³/mol. The Balaban J connectivity index is 2.17. The second-order valence-corrected chi connectivity index (χ2v) is 11.5. The van der Waals surface area contributed by atoms with Gasteiger partial charge in [-0.15, -0.1) is 0 Å². The summed E-state index contributed by atoms with van der Waals surface area (Å²) in [5.41, 5.74) is 2.14. The van der Waals surface area contributed by atoms with E-state index in [1.807, 2.05) is 6.07 Å². The number of furan rings is 1. The number of pyridine rings is 1. The Morgan fingerprint density at radius 1 is 1.38 bits per heavy atom. The van der Waals surface area contributed by atoms with Gasteiger partial charge < -0.3 is 14.1 Å². The summed E-state index contributed by atoms with van der Waals surface area (Å²) in [6.07, 6.45) is 2.96. The second-order valence-electron chi connectivity index (χ2n) is 6.66. The molecule has 0 saturated carbocycles. The summed E-state index contributed by atoms with van der Waals surface area (Å²) in [4.78, 5) is 4.27. The first-order valence-corrected chi connectivity index (χ1v) is 9.83. The highest BCUT2D eigenvalue weighted by molar-refractivity contribution is 6.74. The van der Waals surface area contributed by atoms with Crippen LogP contribution in [-0.2, 0) is 11.0 Å². The van der Waals surface area contributed by atoms with Crippen LogP contribution < -0.4 is 0 Å². The van der Waals surface area contributed by atoms with E-state index in [0.29, 0.717) is 17.8 Å². The van der Waals surface area contributed by atoms with Gasteiger partial charge in [-0.05, 0) is 24.2 Å². The average molecular weight is 306 g/mol. The van der Waals surface area contributed by atoms with Crippen LogP contribution in [0.5, 0.6) is 0 Å². The Kier molecular flexibility index (Phi) is 4.20. The third-order valence-corrected chi connectivity index (χ3v) is 8.51. The fraction of sp³-hybridized carbons (Fsp3) is 0.467. The molecule has 6 heteroatoms. The van der Waals surface area contributed by atoms with Crippen molar-refractivity contribution in [1.82, 2.24) is 4.98 Å². The van der Waals surface area contributed by atoms with Gasteiger partial charge in [0.25, 0.3) is 0 Å². The summed E-state index contributed by atoms with van der Waals surface area (Å²) >= 11 is 0. The standard InChI is InChI=1S/C15H22N2O3Si/c1-15(2,3)21(4,5)19-10-12-7-13-14(20-12)6-11(8-16-13)9-17-18/h6-9,18H,10H2,1-5H3. The first-order chi connectivity index (χ1) is 9.73. The van der Waals surface area contributed by atoms with E-state index in [0.717, 1.165) is 11.3 Å². The topological polar surface area (TPSA) is 67.9 Å². The molecule has 0 saturated heterocycles. The number of nitrogens with zero attached hydrogens (tertiary/aromatic N) is 2. The largest absolute Gasteiger partial charge is 0.457 e. The van der Waals surface area contributed by atoms with Crippen LogP contribution >= 0.6 is 0 Å². The van der Waals surface area contributed by atoms with Crippen LogP contribution in [0.2, 0.25) is 18.1 Å². The number of hydrogen-bond donors (Lipinski definition) is 1. The molecule has 2 rings (SSSR count). The quantitative estimate of drug-likeness (QED) is 0.398. The molecule has 0 fully saturated rings. The SMILES string of the molecule is CC(C)(C)[Si](C)(C)OCc1cc2ncc(C=NO)cc2o1. The molecule has 0 aromatic carbocycles. The Labute approximate surface area is 125 Å². The molecular formula is C15H22N2O3Si. The highest BCUT2D eigenvalue weighted by atomic mass is 28.4. The zero-order chi connectivity index (χ0) is 15.7. The van der Waals surface area contributed by atoms with Crippen molar-refractivity contribution in [2.75, 3.05) is 0 Å². The summed E-state index contributed by atoms with van der Waals surface area (Å²) in [5, 5.41) is 11.7. The van der Waals surface area contributed by atoms with E-state index in [2.05, 4.69) is 44.0 Å². The van der Waals surface area contributed by atoms with Crippen molar-refractivity contribution in [3.8, 4) is 0 Å². The van der Waals surface area contributed by atoms with Crippen LogP contribution in [0.25, 0.3) is 11.1 Å². The summed E-state index contributed by atoms with van der Waals surface area (Å²) in [6, 6.07) is 3.68. The Morgan fingerprint density at radius 2 is 2.10 bits per heavy atom. The molecule has 2 aromatic heterocycles. The van der Waals surface area contributed by atoms with E-state index in [1.54, 1.807) is 12.3 Å². The molecule has 0 aliphatic carbocycles. The summed E-state index contributed by atoms with van der Waals surface area (Å²) in [7, 11) is -1.79. The van der Waals surface area contributed by atoms with E-state index in [1.165, 1.54) is 6.21 Å². The van der Waals surface area contributed by atoms with Gasteiger partial charge in [-0.3, -0.25) is 4.98 Å². The average Bonchev–Trinajstić information content (AvgIpc) is 2.77. The van der Waals surface area contributed by atoms with Gasteiger partial charge in [0.1, 0.15) is 11.3 Å². The maximum atomic E-state index is 8.54. The summed E-state index contributed by atoms with van der Waals surface area (Å²) in [6.45, 7) is 11.5. The Bertz CT molecular complexity index is 656. The molecule has 0 aliphatic heterocycles. The maximum absolute atomic E-state index is 8.54. The number of oxime groups is 1. The smallest absolute Gasteiger partial charge is 0.192 e. The predicted octanol–water partition coefficient (Wildman–Crippen LogP) is 4.16. The van der Waals surface area contributed by atoms with E-state index < -0.39 is 8.32 Å². The lowest BCUT2D eigenvalue weighted by Gasteiger charge is -2.35. The van der Waals surface area contributed by atoms with Gasteiger partial charge in [0.15, 0.2) is 13.9 Å². The molecule has 5 nitrogen and oxygen atoms in total. The fourth-order valence-electron chi connectivity index (χ4n) is 1.66. The first-order valence-electron chi connectivity index (χ1n) is 6.93. The van der Waals surface area contributed by atoms with Crippen LogP contribution in [0, 0.1) is 0 Å². The lowest BCUT2D eigenvalue weighted by Crippen LogP contribution is -2.40. The van der Waals surface area contributed by atoms with E-state index in [-0.39, 0.29) is 5.04 Å². The number of fused-ring (bicyclic) bond motifs is 1. The molecule has 114 valence electrons. The molecule has 0 spiro atoms. The van der Waals surface area contributed by atoms with Crippen molar-refractivity contribution in [1.29, 1.82) is 0 Å². The second kappa shape index (κ2) is 5.61. The molecule has 0 aliphatic rings. The van der Waals surface area contributed by atoms with Crippen molar-refractivity contribution >= 4 is 25.6 Å². The van der Waals surface area contributed by atoms with Crippen LogP contribution in [-0.4, -0.2) is 24.7 Å².